The Bertz CT molecular complexity index is 1200. The number of rotatable bonds is 5. The highest BCUT2D eigenvalue weighted by atomic mass is 35.5. The number of hydrogen-bond acceptors (Lipinski definition) is 2. The van der Waals surface area contributed by atoms with E-state index < -0.39 is 0 Å². The number of benzene rings is 2. The lowest BCUT2D eigenvalue weighted by Crippen LogP contribution is -2.60. The zero-order valence-corrected chi connectivity index (χ0v) is 18.9. The van der Waals surface area contributed by atoms with Gasteiger partial charge in [-0.25, -0.2) is 0 Å². The van der Waals surface area contributed by atoms with Gasteiger partial charge in [0.2, 0.25) is 11.5 Å². The third kappa shape index (κ3) is 3.47. The number of para-hydroxylation sites is 2. The molecular formula is C26H29ClN4O. The van der Waals surface area contributed by atoms with Crippen LogP contribution in [0.2, 0.25) is 5.02 Å². The molecule has 0 spiro atoms. The first-order chi connectivity index (χ1) is 15.5. The van der Waals surface area contributed by atoms with Crippen LogP contribution in [0.3, 0.4) is 0 Å². The first-order valence-corrected chi connectivity index (χ1v) is 12.1. The third-order valence-corrected chi connectivity index (χ3v) is 8.23. The van der Waals surface area contributed by atoms with E-state index in [0.717, 1.165) is 53.6 Å². The maximum Gasteiger partial charge on any atom is 0.240 e. The molecule has 4 saturated carbocycles. The van der Waals surface area contributed by atoms with Gasteiger partial charge in [-0.2, -0.15) is 0 Å². The summed E-state index contributed by atoms with van der Waals surface area (Å²) >= 11 is 6.04. The molecule has 2 aromatic carbocycles. The molecule has 0 atom stereocenters. The van der Waals surface area contributed by atoms with Crippen molar-refractivity contribution in [2.24, 2.45) is 17.8 Å². The molecule has 166 valence electrons. The number of halogens is 1. The second-order valence-electron chi connectivity index (χ2n) is 10.4. The van der Waals surface area contributed by atoms with Crippen molar-refractivity contribution in [2.75, 3.05) is 0 Å². The molecule has 0 radical (unpaired) electrons. The Morgan fingerprint density at radius 3 is 2.09 bits per heavy atom. The monoisotopic (exact) mass is 448 g/mol. The predicted molar refractivity (Wildman–Crippen MR) is 125 cm³/mol. The summed E-state index contributed by atoms with van der Waals surface area (Å²) < 4.78 is 3.82. The Balaban J connectivity index is 1.28. The average Bonchev–Trinajstić information content (AvgIpc) is 3.00. The fourth-order valence-electron chi connectivity index (χ4n) is 7.13. The quantitative estimate of drug-likeness (QED) is 0.583. The van der Waals surface area contributed by atoms with Gasteiger partial charge in [-0.05, 0) is 86.1 Å². The first kappa shape index (κ1) is 20.1. The number of aromatic nitrogens is 2. The van der Waals surface area contributed by atoms with Gasteiger partial charge in [-0.1, -0.05) is 35.9 Å². The van der Waals surface area contributed by atoms with Crippen molar-refractivity contribution in [2.45, 2.75) is 57.2 Å². The molecule has 32 heavy (non-hydrogen) atoms. The SMILES string of the molecule is N=c1n(CC(=O)NC23CC4CC(CC(C4)C2)C3)c2ccccc2n1Cc1ccc(Cl)cc1. The van der Waals surface area contributed by atoms with Crippen LogP contribution in [0.15, 0.2) is 48.5 Å². The van der Waals surface area contributed by atoms with Crippen molar-refractivity contribution < 1.29 is 4.79 Å². The Morgan fingerprint density at radius 1 is 0.938 bits per heavy atom. The molecule has 7 rings (SSSR count). The van der Waals surface area contributed by atoms with Gasteiger partial charge in [0.15, 0.2) is 0 Å². The normalized spacial score (nSPS) is 28.3. The molecule has 4 aliphatic carbocycles. The molecule has 3 aromatic rings. The van der Waals surface area contributed by atoms with E-state index >= 15 is 0 Å². The summed E-state index contributed by atoms with van der Waals surface area (Å²) in [5.41, 5.74) is 3.31. The Hall–Kier alpha value is -2.53. The summed E-state index contributed by atoms with van der Waals surface area (Å²) in [5, 5.41) is 13.0. The second-order valence-corrected chi connectivity index (χ2v) is 10.8. The van der Waals surface area contributed by atoms with Crippen LogP contribution < -0.4 is 10.9 Å². The van der Waals surface area contributed by atoms with Crippen LogP contribution in [-0.4, -0.2) is 20.6 Å². The smallest absolute Gasteiger partial charge is 0.240 e. The standard InChI is InChI=1S/C26H29ClN4O/c27-21-7-5-17(6-8-21)15-30-22-3-1-2-4-23(22)31(25(30)28)16-24(32)29-26-12-18-9-19(13-26)11-20(10-18)14-26/h1-8,18-20,28H,9-16H2,(H,29,32). The summed E-state index contributed by atoms with van der Waals surface area (Å²) in [4.78, 5) is 13.3. The van der Waals surface area contributed by atoms with E-state index in [1.54, 1.807) is 0 Å². The summed E-state index contributed by atoms with van der Waals surface area (Å²) in [5.74, 6) is 2.42. The molecule has 1 aromatic heterocycles. The number of carbonyl (C=O) groups excluding carboxylic acids is 1. The number of nitrogens with zero attached hydrogens (tertiary/aromatic N) is 2. The number of nitrogens with one attached hydrogen (secondary N) is 2. The summed E-state index contributed by atoms with van der Waals surface area (Å²) in [6.07, 6.45) is 7.50. The number of carbonyl (C=O) groups is 1. The van der Waals surface area contributed by atoms with E-state index in [9.17, 15) is 4.79 Å². The molecule has 0 unspecified atom stereocenters. The summed E-state index contributed by atoms with van der Waals surface area (Å²) in [7, 11) is 0. The Kier molecular flexibility index (Phi) is 4.72. The van der Waals surface area contributed by atoms with Crippen molar-refractivity contribution in [3.8, 4) is 0 Å². The molecule has 4 bridgehead atoms. The fraction of sp³-hybridized carbons (Fsp3) is 0.462. The molecule has 1 amide bonds. The van der Waals surface area contributed by atoms with Gasteiger partial charge >= 0.3 is 0 Å². The Morgan fingerprint density at radius 2 is 1.50 bits per heavy atom. The minimum absolute atomic E-state index is 0.00371. The maximum atomic E-state index is 13.3. The lowest BCUT2D eigenvalue weighted by molar-refractivity contribution is -0.127. The van der Waals surface area contributed by atoms with Gasteiger partial charge in [0, 0.05) is 10.6 Å². The van der Waals surface area contributed by atoms with Gasteiger partial charge < -0.3 is 14.5 Å². The molecule has 1 heterocycles. The second kappa shape index (κ2) is 7.51. The van der Waals surface area contributed by atoms with Crippen molar-refractivity contribution in [1.82, 2.24) is 14.5 Å². The zero-order valence-electron chi connectivity index (χ0n) is 18.2. The van der Waals surface area contributed by atoms with Gasteiger partial charge in [-0.15, -0.1) is 0 Å². The van der Waals surface area contributed by atoms with Crippen molar-refractivity contribution in [3.63, 3.8) is 0 Å². The number of amides is 1. The topological polar surface area (TPSA) is 62.8 Å². The van der Waals surface area contributed by atoms with Crippen LogP contribution in [0.25, 0.3) is 11.0 Å². The van der Waals surface area contributed by atoms with Crippen LogP contribution >= 0.6 is 11.6 Å². The molecule has 4 fully saturated rings. The van der Waals surface area contributed by atoms with Crippen LogP contribution in [-0.2, 0) is 17.9 Å². The van der Waals surface area contributed by atoms with Crippen LogP contribution in [0.5, 0.6) is 0 Å². The van der Waals surface area contributed by atoms with Crippen LogP contribution in [0.1, 0.15) is 44.1 Å². The van der Waals surface area contributed by atoms with Crippen molar-refractivity contribution in [1.29, 1.82) is 5.41 Å². The minimum atomic E-state index is -0.00371. The average molecular weight is 449 g/mol. The van der Waals surface area contributed by atoms with E-state index in [-0.39, 0.29) is 18.0 Å². The predicted octanol–water partition coefficient (Wildman–Crippen LogP) is 4.71. The van der Waals surface area contributed by atoms with Crippen LogP contribution in [0, 0.1) is 23.2 Å². The highest BCUT2D eigenvalue weighted by Gasteiger charge is 2.51. The third-order valence-electron chi connectivity index (χ3n) is 7.97. The van der Waals surface area contributed by atoms with Crippen molar-refractivity contribution >= 4 is 28.5 Å². The number of hydrogen-bond donors (Lipinski definition) is 2. The maximum absolute atomic E-state index is 13.3. The van der Waals surface area contributed by atoms with E-state index in [0.29, 0.717) is 17.2 Å². The molecule has 0 aliphatic heterocycles. The van der Waals surface area contributed by atoms with E-state index in [2.05, 4.69) is 5.32 Å². The number of fused-ring (bicyclic) bond motifs is 1. The van der Waals surface area contributed by atoms with Crippen molar-refractivity contribution in [3.05, 3.63) is 64.7 Å². The lowest BCUT2D eigenvalue weighted by atomic mass is 9.53. The number of imidazole rings is 1. The molecule has 6 heteroatoms. The van der Waals surface area contributed by atoms with E-state index in [4.69, 9.17) is 17.0 Å². The molecule has 0 saturated heterocycles. The fourth-order valence-corrected chi connectivity index (χ4v) is 7.26. The molecular weight excluding hydrogens is 420 g/mol. The molecule has 2 N–H and O–H groups in total. The van der Waals surface area contributed by atoms with Gasteiger partial charge in [0.05, 0.1) is 17.6 Å². The van der Waals surface area contributed by atoms with Gasteiger partial charge in [0.25, 0.3) is 0 Å². The largest absolute Gasteiger partial charge is 0.349 e. The highest BCUT2D eigenvalue weighted by molar-refractivity contribution is 6.30. The van der Waals surface area contributed by atoms with Gasteiger partial charge in [0.1, 0.15) is 6.54 Å². The van der Waals surface area contributed by atoms with Gasteiger partial charge in [-0.3, -0.25) is 10.2 Å². The van der Waals surface area contributed by atoms with E-state index in [1.807, 2.05) is 57.7 Å². The molecule has 5 nitrogen and oxygen atoms in total. The Labute approximate surface area is 192 Å². The summed E-state index contributed by atoms with van der Waals surface area (Å²) in [6.45, 7) is 0.759. The zero-order chi connectivity index (χ0) is 21.9. The van der Waals surface area contributed by atoms with E-state index in [1.165, 1.54) is 19.3 Å². The minimum Gasteiger partial charge on any atom is -0.349 e. The lowest BCUT2D eigenvalue weighted by Gasteiger charge is -2.56. The van der Waals surface area contributed by atoms with Crippen LogP contribution in [0.4, 0.5) is 0 Å². The first-order valence-electron chi connectivity index (χ1n) is 11.8. The molecule has 4 aliphatic rings. The summed E-state index contributed by atoms with van der Waals surface area (Å²) in [6, 6.07) is 15.7. The highest BCUT2D eigenvalue weighted by Crippen LogP contribution is 2.55.